The molecule has 0 aliphatic heterocycles. The molecule has 4 nitrogen and oxygen atoms in total. The van der Waals surface area contributed by atoms with Crippen molar-refractivity contribution in [3.63, 3.8) is 0 Å². The van der Waals surface area contributed by atoms with Crippen molar-refractivity contribution in [2.45, 2.75) is 19.3 Å². The third-order valence-electron chi connectivity index (χ3n) is 1.95. The Morgan fingerprint density at radius 1 is 1.47 bits per heavy atom. The van der Waals surface area contributed by atoms with Gasteiger partial charge >= 0.3 is 6.36 Å². The van der Waals surface area contributed by atoms with Gasteiger partial charge in [-0.05, 0) is 11.6 Å². The molecule has 2 N–H and O–H groups in total. The Bertz CT molecular complexity index is 492. The fourth-order valence-electron chi connectivity index (χ4n) is 1.31. The Labute approximate surface area is 108 Å². The Kier molecular flexibility index (Phi) is 4.64. The van der Waals surface area contributed by atoms with E-state index in [4.69, 9.17) is 17.3 Å². The van der Waals surface area contributed by atoms with Crippen LogP contribution in [0.15, 0.2) is 6.07 Å². The van der Waals surface area contributed by atoms with Crippen LogP contribution in [-0.2, 0) is 6.54 Å². The lowest BCUT2D eigenvalue weighted by molar-refractivity contribution is -0.276. The van der Waals surface area contributed by atoms with Crippen LogP contribution in [0.2, 0.25) is 0 Å². The lowest BCUT2D eigenvalue weighted by Crippen LogP contribution is -2.20. The molecule has 0 saturated heterocycles. The highest BCUT2D eigenvalue weighted by atomic mass is 35.5. The monoisotopic (exact) mass is 304 g/mol. The molecule has 0 unspecified atom stereocenters. The van der Waals surface area contributed by atoms with Crippen molar-refractivity contribution in [3.8, 4) is 5.88 Å². The summed E-state index contributed by atoms with van der Waals surface area (Å²) in [6.45, 7) is -0.553. The van der Waals surface area contributed by atoms with Gasteiger partial charge in [0.25, 0.3) is 11.7 Å². The maximum absolute atomic E-state index is 12.7. The van der Waals surface area contributed by atoms with Crippen LogP contribution in [0.1, 0.15) is 28.0 Å². The van der Waals surface area contributed by atoms with Crippen molar-refractivity contribution in [1.29, 1.82) is 0 Å². The number of nitrogens with zero attached hydrogens (tertiary/aromatic N) is 1. The lowest BCUT2D eigenvalue weighted by Gasteiger charge is -2.13. The predicted molar refractivity (Wildman–Crippen MR) is 54.0 cm³/mol. The van der Waals surface area contributed by atoms with E-state index >= 15 is 0 Å². The van der Waals surface area contributed by atoms with E-state index in [1.54, 1.807) is 0 Å². The zero-order valence-corrected chi connectivity index (χ0v) is 9.73. The Hall–Kier alpha value is -1.48. The normalized spacial score (nSPS) is 11.8. The van der Waals surface area contributed by atoms with Gasteiger partial charge in [0, 0.05) is 18.2 Å². The molecule has 1 aromatic heterocycles. The Balaban J connectivity index is 3.40. The zero-order valence-electron chi connectivity index (χ0n) is 8.97. The summed E-state index contributed by atoms with van der Waals surface area (Å²) >= 11 is 5.09. The van der Waals surface area contributed by atoms with Crippen molar-refractivity contribution >= 4 is 16.8 Å². The summed E-state index contributed by atoms with van der Waals surface area (Å²) in [7, 11) is 0. The molecule has 0 spiro atoms. The van der Waals surface area contributed by atoms with Gasteiger partial charge in [0.05, 0.1) is 11.3 Å². The summed E-state index contributed by atoms with van der Waals surface area (Å²) in [6, 6.07) is 0.299. The molecule has 0 saturated carbocycles. The molecule has 1 rings (SSSR count). The third kappa shape index (κ3) is 4.00. The van der Waals surface area contributed by atoms with Crippen molar-refractivity contribution in [1.82, 2.24) is 4.98 Å². The van der Waals surface area contributed by atoms with E-state index in [0.29, 0.717) is 6.07 Å². The van der Waals surface area contributed by atoms with Gasteiger partial charge in [-0.25, -0.2) is 13.8 Å². The Morgan fingerprint density at radius 3 is 2.42 bits per heavy atom. The summed E-state index contributed by atoms with van der Waals surface area (Å²) in [6.07, 6.45) is -8.34. The molecular weight excluding hydrogens is 299 g/mol. The summed E-state index contributed by atoms with van der Waals surface area (Å²) in [5, 5.41) is -1.29. The molecule has 0 aromatic carbocycles. The topological polar surface area (TPSA) is 65.2 Å². The van der Waals surface area contributed by atoms with Crippen LogP contribution in [0.5, 0.6) is 5.88 Å². The summed E-state index contributed by atoms with van der Waals surface area (Å²) in [5.41, 5.74) is 2.90. The minimum Gasteiger partial charge on any atom is -0.388 e. The number of hydrogen-bond acceptors (Lipinski definition) is 4. The van der Waals surface area contributed by atoms with Gasteiger partial charge in [0.15, 0.2) is 0 Å². The minimum absolute atomic E-state index is 0.299. The third-order valence-corrected chi connectivity index (χ3v) is 2.14. The number of rotatable bonds is 4. The number of alkyl halides is 5. The maximum Gasteiger partial charge on any atom is 0.574 e. The van der Waals surface area contributed by atoms with E-state index in [2.05, 4.69) is 9.72 Å². The van der Waals surface area contributed by atoms with Gasteiger partial charge < -0.3 is 10.5 Å². The first-order chi connectivity index (χ1) is 8.65. The van der Waals surface area contributed by atoms with E-state index in [1.807, 2.05) is 0 Å². The summed E-state index contributed by atoms with van der Waals surface area (Å²) in [4.78, 5) is 14.3. The molecule has 0 atom stereocenters. The number of pyridine rings is 1. The molecular formula is C9H6ClF5N2O2. The minimum atomic E-state index is -5.11. The van der Waals surface area contributed by atoms with E-state index in [0.717, 1.165) is 0 Å². The molecule has 10 heteroatoms. The number of ether oxygens (including phenoxy) is 1. The van der Waals surface area contributed by atoms with Crippen LogP contribution in [0.25, 0.3) is 0 Å². The van der Waals surface area contributed by atoms with Crippen LogP contribution >= 0.6 is 11.6 Å². The first kappa shape index (κ1) is 15.6. The second-order valence-corrected chi connectivity index (χ2v) is 3.54. The maximum atomic E-state index is 12.7. The van der Waals surface area contributed by atoms with Gasteiger partial charge in [-0.1, -0.05) is 0 Å². The van der Waals surface area contributed by atoms with E-state index in [9.17, 15) is 26.7 Å². The van der Waals surface area contributed by atoms with Gasteiger partial charge in [-0.15, -0.1) is 13.2 Å². The number of carbonyl (C=O) groups is 1. The highest BCUT2D eigenvalue weighted by Gasteiger charge is 2.33. The number of nitrogens with two attached hydrogens (primary N) is 1. The average Bonchev–Trinajstić information content (AvgIpc) is 2.24. The van der Waals surface area contributed by atoms with Crippen molar-refractivity contribution < 1.29 is 31.5 Å². The molecule has 0 fully saturated rings. The quantitative estimate of drug-likeness (QED) is 0.686. The van der Waals surface area contributed by atoms with Crippen molar-refractivity contribution in [2.75, 3.05) is 0 Å². The average molecular weight is 305 g/mol. The highest BCUT2D eigenvalue weighted by molar-refractivity contribution is 6.68. The second kappa shape index (κ2) is 5.66. The number of halogens is 6. The van der Waals surface area contributed by atoms with Crippen LogP contribution in [-0.4, -0.2) is 16.6 Å². The molecule has 0 amide bonds. The van der Waals surface area contributed by atoms with E-state index < -0.39 is 47.3 Å². The van der Waals surface area contributed by atoms with Gasteiger partial charge in [0.2, 0.25) is 5.88 Å². The molecule has 1 aromatic rings. The summed E-state index contributed by atoms with van der Waals surface area (Å²) in [5.74, 6) is -1.13. The van der Waals surface area contributed by atoms with E-state index in [-0.39, 0.29) is 0 Å². The SMILES string of the molecule is NCc1nc(OC(F)(F)F)cc(C(F)F)c1C(=O)Cl. The highest BCUT2D eigenvalue weighted by Crippen LogP contribution is 2.31. The van der Waals surface area contributed by atoms with E-state index in [1.165, 1.54) is 0 Å². The molecule has 106 valence electrons. The van der Waals surface area contributed by atoms with Gasteiger partial charge in [-0.3, -0.25) is 4.79 Å². The van der Waals surface area contributed by atoms with Gasteiger partial charge in [0.1, 0.15) is 0 Å². The number of hydrogen-bond donors (Lipinski definition) is 1. The summed E-state index contributed by atoms with van der Waals surface area (Å²) < 4.78 is 64.8. The smallest absolute Gasteiger partial charge is 0.388 e. The standard InChI is InChI=1S/C9H6ClF5N2O2/c10-7(18)6-3(8(11)12)1-5(17-4(6)2-16)19-9(13,14)15/h1,8H,2,16H2. The molecule has 0 aliphatic carbocycles. The number of carbonyl (C=O) groups excluding carboxylic acids is 1. The van der Waals surface area contributed by atoms with Crippen LogP contribution in [0.3, 0.4) is 0 Å². The fourth-order valence-corrected chi connectivity index (χ4v) is 1.53. The first-order valence-electron chi connectivity index (χ1n) is 4.63. The molecule has 19 heavy (non-hydrogen) atoms. The molecule has 0 radical (unpaired) electrons. The molecule has 0 bridgehead atoms. The largest absolute Gasteiger partial charge is 0.574 e. The number of aromatic nitrogens is 1. The predicted octanol–water partition coefficient (Wildman–Crippen LogP) is 2.76. The molecule has 1 heterocycles. The van der Waals surface area contributed by atoms with Crippen molar-refractivity contribution in [3.05, 3.63) is 22.9 Å². The zero-order chi connectivity index (χ0) is 14.8. The first-order valence-corrected chi connectivity index (χ1v) is 5.01. The second-order valence-electron chi connectivity index (χ2n) is 3.20. The fraction of sp³-hybridized carbons (Fsp3) is 0.333. The van der Waals surface area contributed by atoms with Crippen LogP contribution in [0, 0.1) is 0 Å². The molecule has 0 aliphatic rings. The lowest BCUT2D eigenvalue weighted by atomic mass is 10.1. The van der Waals surface area contributed by atoms with Gasteiger partial charge in [-0.2, -0.15) is 0 Å². The van der Waals surface area contributed by atoms with Crippen LogP contribution in [0.4, 0.5) is 22.0 Å². The Morgan fingerprint density at radius 2 is 2.05 bits per heavy atom. The van der Waals surface area contributed by atoms with Crippen molar-refractivity contribution in [2.24, 2.45) is 5.73 Å². The van der Waals surface area contributed by atoms with Crippen LogP contribution < -0.4 is 10.5 Å².